The minimum atomic E-state index is 0. The Hall–Kier alpha value is -0.0951. The highest BCUT2D eigenvalue weighted by Crippen LogP contribution is 1.76. The lowest BCUT2D eigenvalue weighted by Gasteiger charge is -2.01. The van der Waals surface area contributed by atoms with Gasteiger partial charge in [-0.05, 0) is 0 Å². The van der Waals surface area contributed by atoms with Gasteiger partial charge in [0.1, 0.15) is 0 Å². The van der Waals surface area contributed by atoms with Crippen LogP contribution in [0.5, 0.6) is 0 Å². The minimum Gasteiger partial charge on any atom is -0.394 e. The molecule has 0 aromatic heterocycles. The Bertz CT molecular complexity index is 54.5. The first kappa shape index (κ1) is 13.5. The van der Waals surface area contributed by atoms with Gasteiger partial charge in [0.15, 0.2) is 0 Å². The van der Waals surface area contributed by atoms with Crippen molar-refractivity contribution in [3.8, 4) is 0 Å². The van der Waals surface area contributed by atoms with Crippen molar-refractivity contribution in [2.24, 2.45) is 0 Å². The summed E-state index contributed by atoms with van der Waals surface area (Å²) in [4.78, 5) is 0. The second-order valence-electron chi connectivity index (χ2n) is 1.67. The van der Waals surface area contributed by atoms with Crippen LogP contribution in [0.2, 0.25) is 0 Å². The van der Waals surface area contributed by atoms with Gasteiger partial charge in [-0.15, -0.1) is 0 Å². The lowest BCUT2D eigenvalue weighted by atomic mass is 10.7. The number of rotatable bonds is 7. The molecule has 0 saturated carbocycles. The fourth-order valence-corrected chi connectivity index (χ4v) is 0.451. The molecule has 0 fully saturated rings. The molecule has 3 radical (unpaired) electrons. The van der Waals surface area contributed by atoms with Crippen LogP contribution in [0.1, 0.15) is 0 Å². The van der Waals surface area contributed by atoms with Crippen LogP contribution in [0.4, 0.5) is 0 Å². The van der Waals surface area contributed by atoms with Gasteiger partial charge in [-0.3, -0.25) is 0 Å². The van der Waals surface area contributed by atoms with E-state index in [1.54, 1.807) is 0 Å². The maximum atomic E-state index is 8.26. The summed E-state index contributed by atoms with van der Waals surface area (Å²) < 4.78 is 9.75. The van der Waals surface area contributed by atoms with E-state index >= 15 is 0 Å². The molecule has 2 N–H and O–H groups in total. The van der Waals surface area contributed by atoms with E-state index in [1.165, 1.54) is 0 Å². The maximum Gasteiger partial charge on any atom is 0.0701 e. The molecule has 65 valence electrons. The smallest absolute Gasteiger partial charge is 0.0701 e. The predicted octanol–water partition coefficient (Wildman–Crippen LogP) is -1.38. The first-order valence-corrected chi connectivity index (χ1v) is 3.29. The topological polar surface area (TPSA) is 58.9 Å². The van der Waals surface area contributed by atoms with E-state index in [1.807, 2.05) is 0 Å². The average molecular weight is 161 g/mol. The van der Waals surface area contributed by atoms with Crippen molar-refractivity contribution in [1.29, 1.82) is 0 Å². The first-order valence-electron chi connectivity index (χ1n) is 3.29. The summed E-state index contributed by atoms with van der Waals surface area (Å²) in [5, 5.41) is 16.5. The molecule has 0 aliphatic carbocycles. The third-order valence-corrected chi connectivity index (χ3v) is 0.843. The third kappa shape index (κ3) is 13.0. The molecule has 0 bridgehead atoms. The Labute approximate surface area is 68.7 Å². The zero-order valence-electron chi connectivity index (χ0n) is 6.53. The van der Waals surface area contributed by atoms with Crippen molar-refractivity contribution in [2.45, 2.75) is 0 Å². The summed E-state index contributed by atoms with van der Waals surface area (Å²) in [5.74, 6) is 0. The van der Waals surface area contributed by atoms with Crippen LogP contribution >= 0.6 is 0 Å². The summed E-state index contributed by atoms with van der Waals surface area (Å²) in [6, 6.07) is 0. The van der Waals surface area contributed by atoms with Gasteiger partial charge in [-0.25, -0.2) is 0 Å². The number of aliphatic hydroxyl groups is 2. The van der Waals surface area contributed by atoms with E-state index < -0.39 is 0 Å². The fraction of sp³-hybridized carbons (Fsp3) is 1.00. The van der Waals surface area contributed by atoms with Crippen molar-refractivity contribution < 1.29 is 19.7 Å². The summed E-state index contributed by atoms with van der Waals surface area (Å²) in [6.07, 6.45) is 0. The zero-order chi connectivity index (χ0) is 7.66. The molecule has 0 aromatic rings. The van der Waals surface area contributed by atoms with Gasteiger partial charge in [-0.2, -0.15) is 0 Å². The second-order valence-corrected chi connectivity index (χ2v) is 1.67. The van der Waals surface area contributed by atoms with Crippen molar-refractivity contribution in [2.75, 3.05) is 39.6 Å². The normalized spacial score (nSPS) is 9.27. The number of hydrogen-bond donors (Lipinski definition) is 2. The molecule has 0 spiro atoms. The highest BCUT2D eigenvalue weighted by molar-refractivity contribution is 5.75. The molecule has 0 heterocycles. The molecule has 5 heteroatoms. The van der Waals surface area contributed by atoms with Crippen LogP contribution in [0.15, 0.2) is 0 Å². The predicted molar refractivity (Wildman–Crippen MR) is 41.6 cm³/mol. The Morgan fingerprint density at radius 1 is 0.727 bits per heavy atom. The van der Waals surface area contributed by atoms with E-state index in [9.17, 15) is 0 Å². The summed E-state index contributed by atoms with van der Waals surface area (Å²) in [5.41, 5.74) is 0. The molecule has 0 aliphatic rings. The van der Waals surface area contributed by atoms with Crippen LogP contribution in [0, 0.1) is 0 Å². The standard InChI is InChI=1S/C6H14O4.B/c7-1-3-9-5-6-10-4-2-8;/h7-8H,1-6H2;. The lowest BCUT2D eigenvalue weighted by Crippen LogP contribution is -2.09. The van der Waals surface area contributed by atoms with Crippen molar-refractivity contribution in [3.63, 3.8) is 0 Å². The van der Waals surface area contributed by atoms with Gasteiger partial charge in [-0.1, -0.05) is 0 Å². The van der Waals surface area contributed by atoms with Crippen molar-refractivity contribution >= 4 is 8.41 Å². The van der Waals surface area contributed by atoms with E-state index in [2.05, 4.69) is 0 Å². The van der Waals surface area contributed by atoms with Gasteiger partial charge in [0.25, 0.3) is 0 Å². The van der Waals surface area contributed by atoms with Crippen LogP contribution in [0.25, 0.3) is 0 Å². The molecule has 4 nitrogen and oxygen atoms in total. The van der Waals surface area contributed by atoms with Crippen LogP contribution in [0.3, 0.4) is 0 Å². The van der Waals surface area contributed by atoms with E-state index in [0.29, 0.717) is 26.4 Å². The number of hydrogen-bond acceptors (Lipinski definition) is 4. The first-order chi connectivity index (χ1) is 4.91. The van der Waals surface area contributed by atoms with Crippen molar-refractivity contribution in [3.05, 3.63) is 0 Å². The largest absolute Gasteiger partial charge is 0.394 e. The van der Waals surface area contributed by atoms with E-state index in [0.717, 1.165) is 0 Å². The molecule has 0 aliphatic heterocycles. The summed E-state index contributed by atoms with van der Waals surface area (Å²) in [6.45, 7) is 1.73. The third-order valence-electron chi connectivity index (χ3n) is 0.843. The Morgan fingerprint density at radius 2 is 1.09 bits per heavy atom. The SMILES string of the molecule is OCCOCCOCCO.[B]. The fourth-order valence-electron chi connectivity index (χ4n) is 0.451. The molecular weight excluding hydrogens is 147 g/mol. The molecule has 0 amide bonds. The van der Waals surface area contributed by atoms with Crippen LogP contribution in [-0.4, -0.2) is 58.3 Å². The highest BCUT2D eigenvalue weighted by Gasteiger charge is 1.86. The van der Waals surface area contributed by atoms with Crippen LogP contribution in [-0.2, 0) is 9.47 Å². The van der Waals surface area contributed by atoms with Crippen molar-refractivity contribution in [1.82, 2.24) is 0 Å². The maximum absolute atomic E-state index is 8.26. The minimum absolute atomic E-state index is 0. The summed E-state index contributed by atoms with van der Waals surface area (Å²) >= 11 is 0. The van der Waals surface area contributed by atoms with Gasteiger partial charge in [0.2, 0.25) is 0 Å². The Morgan fingerprint density at radius 3 is 1.36 bits per heavy atom. The molecule has 0 aromatic carbocycles. The molecule has 11 heavy (non-hydrogen) atoms. The van der Waals surface area contributed by atoms with Crippen LogP contribution < -0.4 is 0 Å². The zero-order valence-corrected chi connectivity index (χ0v) is 6.53. The quantitative estimate of drug-likeness (QED) is 0.357. The second kappa shape index (κ2) is 12.6. The van der Waals surface area contributed by atoms with Gasteiger partial charge in [0.05, 0.1) is 39.6 Å². The Kier molecular flexibility index (Phi) is 15.4. The Balaban J connectivity index is 0. The van der Waals surface area contributed by atoms with E-state index in [4.69, 9.17) is 19.7 Å². The number of ether oxygens (including phenoxy) is 2. The molecular formula is C6H14BO4. The summed E-state index contributed by atoms with van der Waals surface area (Å²) in [7, 11) is 0. The molecule has 0 saturated heterocycles. The average Bonchev–Trinajstić information content (AvgIpc) is 1.97. The van der Waals surface area contributed by atoms with E-state index in [-0.39, 0.29) is 21.6 Å². The van der Waals surface area contributed by atoms with Gasteiger partial charge < -0.3 is 19.7 Å². The molecule has 0 unspecified atom stereocenters. The lowest BCUT2D eigenvalue weighted by molar-refractivity contribution is 0.0222. The molecule has 0 rings (SSSR count). The van der Waals surface area contributed by atoms with Gasteiger partial charge in [0, 0.05) is 8.41 Å². The highest BCUT2D eigenvalue weighted by atomic mass is 16.5. The monoisotopic (exact) mass is 161 g/mol. The number of aliphatic hydroxyl groups excluding tert-OH is 2. The van der Waals surface area contributed by atoms with Gasteiger partial charge >= 0.3 is 0 Å². The molecule has 0 atom stereocenters.